The van der Waals surface area contributed by atoms with Crippen molar-refractivity contribution in [2.75, 3.05) is 13.2 Å². The average Bonchev–Trinajstić information content (AvgIpc) is 3.03. The zero-order valence-corrected chi connectivity index (χ0v) is 10.5. The number of hydrogen-bond donors (Lipinski definition) is 1. The van der Waals surface area contributed by atoms with E-state index in [2.05, 4.69) is 15.9 Å². The van der Waals surface area contributed by atoms with Gasteiger partial charge in [0.2, 0.25) is 0 Å². The monoisotopic (exact) mass is 283 g/mol. The smallest absolute Gasteiger partial charge is 0.175 e. The van der Waals surface area contributed by atoms with Crippen LogP contribution in [0, 0.1) is 0 Å². The summed E-state index contributed by atoms with van der Waals surface area (Å²) < 4.78 is 12.4. The molecule has 1 heterocycles. The minimum Gasteiger partial charge on any atom is -0.489 e. The minimum atomic E-state index is -0.182. The lowest BCUT2D eigenvalue weighted by molar-refractivity contribution is 0.295. The summed E-state index contributed by atoms with van der Waals surface area (Å²) in [5.41, 5.74) is 7.15. The van der Waals surface area contributed by atoms with Gasteiger partial charge in [-0.1, -0.05) is 6.07 Å². The zero-order chi connectivity index (χ0) is 11.2. The molecule has 0 radical (unpaired) electrons. The number of benzene rings is 1. The van der Waals surface area contributed by atoms with Gasteiger partial charge in [0.15, 0.2) is 11.5 Å². The van der Waals surface area contributed by atoms with Gasteiger partial charge in [0.1, 0.15) is 0 Å². The van der Waals surface area contributed by atoms with Crippen LogP contribution in [0.5, 0.6) is 11.5 Å². The predicted octanol–water partition coefficient (Wildman–Crippen LogP) is 2.56. The van der Waals surface area contributed by atoms with Crippen molar-refractivity contribution >= 4 is 15.9 Å². The first-order chi connectivity index (χ1) is 7.71. The van der Waals surface area contributed by atoms with Gasteiger partial charge in [0.25, 0.3) is 0 Å². The molecule has 0 unspecified atom stereocenters. The molecule has 0 bridgehead atoms. The van der Waals surface area contributed by atoms with E-state index in [-0.39, 0.29) is 5.54 Å². The summed E-state index contributed by atoms with van der Waals surface area (Å²) in [7, 11) is 0. The van der Waals surface area contributed by atoms with Gasteiger partial charge in [0.05, 0.1) is 17.7 Å². The Morgan fingerprint density at radius 1 is 1.12 bits per heavy atom. The molecule has 3 rings (SSSR count). The van der Waals surface area contributed by atoms with Crippen molar-refractivity contribution in [2.45, 2.75) is 24.8 Å². The van der Waals surface area contributed by atoms with Crippen LogP contribution in [0.25, 0.3) is 0 Å². The predicted molar refractivity (Wildman–Crippen MR) is 64.8 cm³/mol. The van der Waals surface area contributed by atoms with Gasteiger partial charge in [0, 0.05) is 17.5 Å². The van der Waals surface area contributed by atoms with Gasteiger partial charge in [-0.3, -0.25) is 0 Å². The molecular weight excluding hydrogens is 270 g/mol. The van der Waals surface area contributed by atoms with E-state index < -0.39 is 0 Å². The number of halogens is 1. The quantitative estimate of drug-likeness (QED) is 0.862. The highest BCUT2D eigenvalue weighted by atomic mass is 79.9. The van der Waals surface area contributed by atoms with E-state index in [4.69, 9.17) is 15.2 Å². The third kappa shape index (κ3) is 1.60. The van der Waals surface area contributed by atoms with Gasteiger partial charge in [-0.25, -0.2) is 0 Å². The van der Waals surface area contributed by atoms with Crippen LogP contribution >= 0.6 is 15.9 Å². The minimum absolute atomic E-state index is 0.182. The summed E-state index contributed by atoms with van der Waals surface area (Å²) in [5, 5.41) is 0. The highest BCUT2D eigenvalue weighted by Crippen LogP contribution is 2.51. The van der Waals surface area contributed by atoms with Crippen LogP contribution in [0.1, 0.15) is 24.8 Å². The standard InChI is InChI=1S/C12H14BrNO2/c13-9-3-2-8(12(14)4-5-12)10-11(9)16-7-1-6-15-10/h2-3H,1,4-7,14H2. The molecule has 0 amide bonds. The van der Waals surface area contributed by atoms with Gasteiger partial charge in [-0.05, 0) is 34.8 Å². The third-order valence-electron chi connectivity index (χ3n) is 3.17. The first kappa shape index (κ1) is 10.4. The maximum Gasteiger partial charge on any atom is 0.175 e. The van der Waals surface area contributed by atoms with E-state index in [1.807, 2.05) is 12.1 Å². The second-order valence-corrected chi connectivity index (χ2v) is 5.31. The van der Waals surface area contributed by atoms with Gasteiger partial charge >= 0.3 is 0 Å². The van der Waals surface area contributed by atoms with Crippen molar-refractivity contribution in [2.24, 2.45) is 5.73 Å². The zero-order valence-electron chi connectivity index (χ0n) is 8.96. The van der Waals surface area contributed by atoms with Crippen molar-refractivity contribution in [3.05, 3.63) is 22.2 Å². The Labute approximate surface area is 103 Å². The van der Waals surface area contributed by atoms with Crippen LogP contribution in [-0.2, 0) is 5.54 Å². The molecule has 0 spiro atoms. The number of hydrogen-bond acceptors (Lipinski definition) is 3. The first-order valence-corrected chi connectivity index (χ1v) is 6.37. The molecule has 2 N–H and O–H groups in total. The second-order valence-electron chi connectivity index (χ2n) is 4.46. The van der Waals surface area contributed by atoms with E-state index >= 15 is 0 Å². The molecule has 4 heteroatoms. The van der Waals surface area contributed by atoms with Crippen molar-refractivity contribution in [3.8, 4) is 11.5 Å². The molecule has 3 nitrogen and oxygen atoms in total. The molecule has 1 aliphatic heterocycles. The van der Waals surface area contributed by atoms with Crippen LogP contribution in [0.2, 0.25) is 0 Å². The molecule has 0 aromatic heterocycles. The highest BCUT2D eigenvalue weighted by Gasteiger charge is 2.43. The lowest BCUT2D eigenvalue weighted by atomic mass is 10.0. The van der Waals surface area contributed by atoms with E-state index in [1.54, 1.807) is 0 Å². The molecule has 1 aliphatic carbocycles. The molecule has 1 aromatic rings. The lowest BCUT2D eigenvalue weighted by Gasteiger charge is -2.17. The molecule has 1 fully saturated rings. The Kier molecular flexibility index (Phi) is 2.37. The summed E-state index contributed by atoms with van der Waals surface area (Å²) in [6, 6.07) is 4.04. The van der Waals surface area contributed by atoms with Crippen molar-refractivity contribution < 1.29 is 9.47 Å². The van der Waals surface area contributed by atoms with Crippen molar-refractivity contribution in [3.63, 3.8) is 0 Å². The van der Waals surface area contributed by atoms with Crippen LogP contribution < -0.4 is 15.2 Å². The van der Waals surface area contributed by atoms with Crippen LogP contribution in [0.4, 0.5) is 0 Å². The summed E-state index contributed by atoms with van der Waals surface area (Å²) in [5.74, 6) is 1.65. The van der Waals surface area contributed by atoms with Crippen LogP contribution in [-0.4, -0.2) is 13.2 Å². The third-order valence-corrected chi connectivity index (χ3v) is 3.80. The summed E-state index contributed by atoms with van der Waals surface area (Å²) in [6.45, 7) is 1.40. The number of ether oxygens (including phenoxy) is 2. The van der Waals surface area contributed by atoms with Crippen LogP contribution in [0.15, 0.2) is 16.6 Å². The van der Waals surface area contributed by atoms with Crippen molar-refractivity contribution in [1.29, 1.82) is 0 Å². The molecule has 2 aliphatic rings. The lowest BCUT2D eigenvalue weighted by Crippen LogP contribution is -2.20. The molecule has 86 valence electrons. The van der Waals surface area contributed by atoms with Gasteiger partial charge < -0.3 is 15.2 Å². The fourth-order valence-electron chi connectivity index (χ4n) is 2.02. The summed E-state index contributed by atoms with van der Waals surface area (Å²) >= 11 is 3.49. The molecule has 1 aromatic carbocycles. The van der Waals surface area contributed by atoms with Crippen molar-refractivity contribution in [1.82, 2.24) is 0 Å². The maximum atomic E-state index is 6.24. The molecular formula is C12H14BrNO2. The Hall–Kier alpha value is -0.740. The first-order valence-electron chi connectivity index (χ1n) is 5.58. The molecule has 1 saturated carbocycles. The molecule has 16 heavy (non-hydrogen) atoms. The van der Waals surface area contributed by atoms with E-state index in [0.717, 1.165) is 40.8 Å². The Morgan fingerprint density at radius 3 is 2.50 bits per heavy atom. The molecule has 0 atom stereocenters. The second kappa shape index (κ2) is 3.64. The maximum absolute atomic E-state index is 6.24. The Balaban J connectivity index is 2.13. The fraction of sp³-hybridized carbons (Fsp3) is 0.500. The largest absolute Gasteiger partial charge is 0.489 e. The number of nitrogens with two attached hydrogens (primary N) is 1. The highest BCUT2D eigenvalue weighted by molar-refractivity contribution is 9.10. The van der Waals surface area contributed by atoms with E-state index in [9.17, 15) is 0 Å². The molecule has 0 saturated heterocycles. The summed E-state index contributed by atoms with van der Waals surface area (Å²) in [6.07, 6.45) is 2.98. The van der Waals surface area contributed by atoms with Gasteiger partial charge in [-0.15, -0.1) is 0 Å². The van der Waals surface area contributed by atoms with E-state index in [1.165, 1.54) is 0 Å². The topological polar surface area (TPSA) is 44.5 Å². The average molecular weight is 284 g/mol. The van der Waals surface area contributed by atoms with Crippen LogP contribution in [0.3, 0.4) is 0 Å². The fourth-order valence-corrected chi connectivity index (χ4v) is 2.45. The number of fused-ring (bicyclic) bond motifs is 1. The SMILES string of the molecule is NC1(c2ccc(Br)c3c2OCCCO3)CC1. The Bertz CT molecular complexity index is 429. The summed E-state index contributed by atoms with van der Waals surface area (Å²) in [4.78, 5) is 0. The Morgan fingerprint density at radius 2 is 1.81 bits per heavy atom. The normalized spacial score (nSPS) is 21.4. The van der Waals surface area contributed by atoms with E-state index in [0.29, 0.717) is 13.2 Å². The van der Waals surface area contributed by atoms with Gasteiger partial charge in [-0.2, -0.15) is 0 Å². The number of rotatable bonds is 1.